The molecule has 0 saturated carbocycles. The molecule has 5 heteroatoms. The third-order valence-electron chi connectivity index (χ3n) is 4.73. The lowest BCUT2D eigenvalue weighted by molar-refractivity contribution is -0.121. The summed E-state index contributed by atoms with van der Waals surface area (Å²) in [5.74, 6) is -0.0117. The first-order chi connectivity index (χ1) is 11.9. The van der Waals surface area contributed by atoms with Crippen LogP contribution in [0.5, 0.6) is 0 Å². The van der Waals surface area contributed by atoms with E-state index < -0.39 is 0 Å². The minimum atomic E-state index is -0.109. The van der Waals surface area contributed by atoms with Crippen LogP contribution in [0.4, 0.5) is 0 Å². The smallest absolute Gasteiger partial charge is 0.251 e. The Hall–Kier alpha value is -2.14. The molecule has 0 saturated heterocycles. The quantitative estimate of drug-likeness (QED) is 0.774. The van der Waals surface area contributed by atoms with Gasteiger partial charge in [0.2, 0.25) is 5.91 Å². The molecule has 0 spiro atoms. The van der Waals surface area contributed by atoms with Crippen molar-refractivity contribution in [2.75, 3.05) is 19.6 Å². The largest absolute Gasteiger partial charge is 0.355 e. The van der Waals surface area contributed by atoms with Gasteiger partial charge in [0, 0.05) is 30.1 Å². The van der Waals surface area contributed by atoms with Crippen LogP contribution in [0.3, 0.4) is 0 Å². The van der Waals surface area contributed by atoms with E-state index in [2.05, 4.69) is 36.0 Å². The van der Waals surface area contributed by atoms with Crippen LogP contribution in [0, 0.1) is 6.92 Å². The Bertz CT molecular complexity index is 778. The first kappa shape index (κ1) is 19.2. The molecule has 0 aliphatic carbocycles. The van der Waals surface area contributed by atoms with Crippen LogP contribution >= 0.6 is 0 Å². The molecule has 1 amide bonds. The van der Waals surface area contributed by atoms with Gasteiger partial charge in [0.1, 0.15) is 0 Å². The summed E-state index contributed by atoms with van der Waals surface area (Å²) < 4.78 is 0. The van der Waals surface area contributed by atoms with Crippen LogP contribution in [-0.4, -0.2) is 41.5 Å². The summed E-state index contributed by atoms with van der Waals surface area (Å²) in [6.07, 6.45) is 0.774. The number of likely N-dealkylation sites (N-methyl/N-ethyl adjacent to an activating group) is 1. The third-order valence-corrected chi connectivity index (χ3v) is 4.73. The van der Waals surface area contributed by atoms with Crippen LogP contribution in [0.1, 0.15) is 38.3 Å². The Morgan fingerprint density at radius 3 is 2.64 bits per heavy atom. The molecular weight excluding hydrogens is 314 g/mol. The van der Waals surface area contributed by atoms with Crippen LogP contribution in [0.25, 0.3) is 10.9 Å². The Morgan fingerprint density at radius 2 is 1.96 bits per heavy atom. The van der Waals surface area contributed by atoms with Gasteiger partial charge in [0.15, 0.2) is 0 Å². The van der Waals surface area contributed by atoms with E-state index in [4.69, 9.17) is 0 Å². The number of pyridine rings is 1. The Balaban J connectivity index is 1.93. The van der Waals surface area contributed by atoms with E-state index in [-0.39, 0.29) is 11.5 Å². The third kappa shape index (κ3) is 5.16. The molecule has 1 atom stereocenters. The molecule has 1 heterocycles. The van der Waals surface area contributed by atoms with Gasteiger partial charge < -0.3 is 10.3 Å². The van der Waals surface area contributed by atoms with Crippen LogP contribution in [0.2, 0.25) is 0 Å². The van der Waals surface area contributed by atoms with E-state index in [1.807, 2.05) is 31.2 Å². The van der Waals surface area contributed by atoms with Gasteiger partial charge in [-0.25, -0.2) is 0 Å². The van der Waals surface area contributed by atoms with Gasteiger partial charge in [-0.2, -0.15) is 0 Å². The fourth-order valence-electron chi connectivity index (χ4n) is 3.12. The summed E-state index contributed by atoms with van der Waals surface area (Å²) in [4.78, 5) is 29.5. The van der Waals surface area contributed by atoms with Crippen LogP contribution < -0.4 is 10.9 Å². The van der Waals surface area contributed by atoms with E-state index in [1.165, 1.54) is 0 Å². The standard InChI is InChI=1S/C20H29N3O2/c1-5-23(6-2)15(4)13-21-19(24)10-9-17-12-16-8-7-14(3)11-18(16)22-20(17)25/h7-8,11-12,15H,5-6,9-10,13H2,1-4H3,(H,21,24)(H,22,25). The molecule has 1 aromatic carbocycles. The second-order valence-corrected chi connectivity index (χ2v) is 6.59. The number of aromatic nitrogens is 1. The van der Waals surface area contributed by atoms with Crippen molar-refractivity contribution in [3.05, 3.63) is 45.7 Å². The van der Waals surface area contributed by atoms with Gasteiger partial charge in [-0.15, -0.1) is 0 Å². The molecule has 0 fully saturated rings. The molecule has 2 aromatic rings. The molecule has 0 radical (unpaired) electrons. The predicted octanol–water partition coefficient (Wildman–Crippen LogP) is 2.62. The molecular formula is C20H29N3O2. The number of aromatic amines is 1. The molecule has 0 aliphatic heterocycles. The lowest BCUT2D eigenvalue weighted by Crippen LogP contribution is -2.42. The maximum Gasteiger partial charge on any atom is 0.251 e. The fraction of sp³-hybridized carbons (Fsp3) is 0.500. The summed E-state index contributed by atoms with van der Waals surface area (Å²) in [5.41, 5.74) is 2.49. The number of benzene rings is 1. The minimum absolute atomic E-state index is 0.0117. The maximum atomic E-state index is 12.2. The van der Waals surface area contributed by atoms with E-state index in [9.17, 15) is 9.59 Å². The highest BCUT2D eigenvalue weighted by atomic mass is 16.1. The highest BCUT2D eigenvalue weighted by Crippen LogP contribution is 2.13. The number of carbonyl (C=O) groups excluding carboxylic acids is 1. The number of hydrogen-bond donors (Lipinski definition) is 2. The molecule has 2 rings (SSSR count). The number of H-pyrrole nitrogens is 1. The zero-order chi connectivity index (χ0) is 18.4. The van der Waals surface area contributed by atoms with Crippen LogP contribution in [0.15, 0.2) is 29.1 Å². The van der Waals surface area contributed by atoms with Crippen LogP contribution in [-0.2, 0) is 11.2 Å². The van der Waals surface area contributed by atoms with E-state index >= 15 is 0 Å². The van der Waals surface area contributed by atoms with Gasteiger partial charge in [-0.3, -0.25) is 14.5 Å². The number of hydrogen-bond acceptors (Lipinski definition) is 3. The molecule has 2 N–H and O–H groups in total. The molecule has 25 heavy (non-hydrogen) atoms. The maximum absolute atomic E-state index is 12.2. The zero-order valence-electron chi connectivity index (χ0n) is 15.7. The summed E-state index contributed by atoms with van der Waals surface area (Å²) in [6, 6.07) is 8.18. The molecule has 5 nitrogen and oxygen atoms in total. The monoisotopic (exact) mass is 343 g/mol. The van der Waals surface area contributed by atoms with Gasteiger partial charge in [-0.05, 0) is 56.4 Å². The van der Waals surface area contributed by atoms with E-state index in [0.29, 0.717) is 31.0 Å². The summed E-state index contributed by atoms with van der Waals surface area (Å²) in [7, 11) is 0. The van der Waals surface area contributed by atoms with Gasteiger partial charge in [0.25, 0.3) is 5.56 Å². The average Bonchev–Trinajstić information content (AvgIpc) is 2.59. The summed E-state index contributed by atoms with van der Waals surface area (Å²) in [5, 5.41) is 3.97. The first-order valence-electron chi connectivity index (χ1n) is 9.07. The summed E-state index contributed by atoms with van der Waals surface area (Å²) >= 11 is 0. The number of fused-ring (bicyclic) bond motifs is 1. The molecule has 136 valence electrons. The SMILES string of the molecule is CCN(CC)C(C)CNC(=O)CCc1cc2ccc(C)cc2[nH]c1=O. The second kappa shape index (κ2) is 8.81. The lowest BCUT2D eigenvalue weighted by atomic mass is 10.1. The van der Waals surface area contributed by atoms with Crippen molar-refractivity contribution in [3.63, 3.8) is 0 Å². The van der Waals surface area contributed by atoms with Gasteiger partial charge in [-0.1, -0.05) is 26.0 Å². The fourth-order valence-corrected chi connectivity index (χ4v) is 3.12. The van der Waals surface area contributed by atoms with Crippen molar-refractivity contribution in [3.8, 4) is 0 Å². The topological polar surface area (TPSA) is 65.2 Å². The normalized spacial score (nSPS) is 12.5. The molecule has 1 aromatic heterocycles. The number of rotatable bonds is 8. The molecule has 0 bridgehead atoms. The van der Waals surface area contributed by atoms with Gasteiger partial charge >= 0.3 is 0 Å². The number of aryl methyl sites for hydroxylation is 2. The number of nitrogens with zero attached hydrogens (tertiary/aromatic N) is 1. The molecule has 1 unspecified atom stereocenters. The molecule has 0 aliphatic rings. The van der Waals surface area contributed by atoms with Crippen molar-refractivity contribution in [2.24, 2.45) is 0 Å². The predicted molar refractivity (Wildman–Crippen MR) is 103 cm³/mol. The van der Waals surface area contributed by atoms with E-state index in [0.717, 1.165) is 29.6 Å². The van der Waals surface area contributed by atoms with E-state index in [1.54, 1.807) is 0 Å². The lowest BCUT2D eigenvalue weighted by Gasteiger charge is -2.26. The zero-order valence-corrected chi connectivity index (χ0v) is 15.7. The van der Waals surface area contributed by atoms with Crippen molar-refractivity contribution < 1.29 is 4.79 Å². The minimum Gasteiger partial charge on any atom is -0.355 e. The Morgan fingerprint density at radius 1 is 1.24 bits per heavy atom. The Labute approximate surface area is 149 Å². The average molecular weight is 343 g/mol. The first-order valence-corrected chi connectivity index (χ1v) is 9.07. The van der Waals surface area contributed by atoms with Crippen molar-refractivity contribution in [2.45, 2.75) is 46.6 Å². The number of amides is 1. The van der Waals surface area contributed by atoms with Crippen molar-refractivity contribution >= 4 is 16.8 Å². The van der Waals surface area contributed by atoms with Crippen molar-refractivity contribution in [1.29, 1.82) is 0 Å². The van der Waals surface area contributed by atoms with Crippen molar-refractivity contribution in [1.82, 2.24) is 15.2 Å². The Kier molecular flexibility index (Phi) is 6.76. The highest BCUT2D eigenvalue weighted by Gasteiger charge is 2.12. The second-order valence-electron chi connectivity index (χ2n) is 6.59. The summed E-state index contributed by atoms with van der Waals surface area (Å²) in [6.45, 7) is 10.9. The van der Waals surface area contributed by atoms with Gasteiger partial charge in [0.05, 0.1) is 0 Å². The highest BCUT2D eigenvalue weighted by molar-refractivity contribution is 5.80. The number of carbonyl (C=O) groups is 1. The number of nitrogens with one attached hydrogen (secondary N) is 2.